The lowest BCUT2D eigenvalue weighted by molar-refractivity contribution is -0.114. The number of benzene rings is 1. The van der Waals surface area contributed by atoms with Crippen LogP contribution in [-0.4, -0.2) is 5.78 Å². The Bertz CT molecular complexity index is 285. The van der Waals surface area contributed by atoms with Crippen molar-refractivity contribution < 1.29 is 4.79 Å². The molecule has 0 N–H and O–H groups in total. The van der Waals surface area contributed by atoms with Gasteiger partial charge in [0.05, 0.1) is 0 Å². The number of rotatable bonds is 4. The van der Waals surface area contributed by atoms with Crippen LogP contribution in [-0.2, 0) is 4.79 Å². The fourth-order valence-corrected chi connectivity index (χ4v) is 1.01. The maximum absolute atomic E-state index is 11.1. The lowest BCUT2D eigenvalue weighted by Crippen LogP contribution is -1.89. The molecule has 1 rings (SSSR count). The monoisotopic (exact) mass is 173 g/mol. The van der Waals surface area contributed by atoms with Crippen LogP contribution < -0.4 is 0 Å². The van der Waals surface area contributed by atoms with Crippen molar-refractivity contribution in [2.75, 3.05) is 0 Å². The Morgan fingerprint density at radius 2 is 2.00 bits per heavy atom. The molecule has 1 nitrogen and oxygen atoms in total. The lowest BCUT2D eigenvalue weighted by atomic mass is 10.1. The quantitative estimate of drug-likeness (QED) is 0.640. The van der Waals surface area contributed by atoms with E-state index in [1.807, 2.05) is 36.4 Å². The van der Waals surface area contributed by atoms with Gasteiger partial charge in [-0.2, -0.15) is 0 Å². The molecule has 0 fully saturated rings. The molecule has 1 aromatic rings. The highest BCUT2D eigenvalue weighted by atomic mass is 16.1. The zero-order valence-corrected chi connectivity index (χ0v) is 7.57. The number of hydrogen-bond donors (Lipinski definition) is 0. The van der Waals surface area contributed by atoms with Crippen LogP contribution >= 0.6 is 0 Å². The molecule has 0 bridgehead atoms. The number of carbonyl (C=O) groups is 1. The predicted octanol–water partition coefficient (Wildman–Crippen LogP) is 2.88. The topological polar surface area (TPSA) is 17.1 Å². The number of carbonyl (C=O) groups excluding carboxylic acids is 1. The first kappa shape index (κ1) is 9.72. The van der Waals surface area contributed by atoms with E-state index < -0.39 is 0 Å². The minimum absolute atomic E-state index is 0.138. The van der Waals surface area contributed by atoms with E-state index >= 15 is 0 Å². The normalized spacial score (nSPS) is 10.5. The molecule has 1 radical (unpaired) electrons. The van der Waals surface area contributed by atoms with E-state index in [0.717, 1.165) is 5.56 Å². The maximum Gasteiger partial charge on any atom is 0.155 e. The molecule has 0 unspecified atom stereocenters. The molecule has 0 aromatic heterocycles. The van der Waals surface area contributed by atoms with Crippen LogP contribution in [0.3, 0.4) is 0 Å². The lowest BCUT2D eigenvalue weighted by Gasteiger charge is -1.91. The average Bonchev–Trinajstić information content (AvgIpc) is 2.17. The van der Waals surface area contributed by atoms with Gasteiger partial charge in [-0.1, -0.05) is 43.3 Å². The van der Waals surface area contributed by atoms with Crippen LogP contribution in [0.25, 0.3) is 6.08 Å². The summed E-state index contributed by atoms with van der Waals surface area (Å²) in [4.78, 5) is 11.1. The first-order valence-corrected chi connectivity index (χ1v) is 4.38. The second kappa shape index (κ2) is 5.31. The second-order valence-corrected chi connectivity index (χ2v) is 2.81. The largest absolute Gasteiger partial charge is 0.295 e. The van der Waals surface area contributed by atoms with E-state index in [1.165, 1.54) is 0 Å². The molecule has 0 atom stereocenters. The van der Waals surface area contributed by atoms with Gasteiger partial charge >= 0.3 is 0 Å². The Morgan fingerprint density at radius 1 is 1.31 bits per heavy atom. The summed E-state index contributed by atoms with van der Waals surface area (Å²) < 4.78 is 0. The van der Waals surface area contributed by atoms with Crippen molar-refractivity contribution >= 4 is 11.9 Å². The van der Waals surface area contributed by atoms with Crippen molar-refractivity contribution in [3.8, 4) is 0 Å². The van der Waals surface area contributed by atoms with Crippen LogP contribution in [0.4, 0.5) is 0 Å². The van der Waals surface area contributed by atoms with Crippen molar-refractivity contribution in [2.24, 2.45) is 0 Å². The van der Waals surface area contributed by atoms with Crippen LogP contribution in [0.15, 0.2) is 36.4 Å². The summed E-state index contributed by atoms with van der Waals surface area (Å²) in [6.45, 7) is 3.63. The standard InChI is InChI=1S/C12H13O/c1-2-6-12(13)10-9-11-7-4-3-5-8-11/h3-5,7-10H,1-2,6H2/b10-9+. The molecule has 1 aromatic carbocycles. The third kappa shape index (κ3) is 3.70. The highest BCUT2D eigenvalue weighted by molar-refractivity contribution is 5.93. The molecule has 13 heavy (non-hydrogen) atoms. The summed E-state index contributed by atoms with van der Waals surface area (Å²) in [6, 6.07) is 9.79. The first-order valence-electron chi connectivity index (χ1n) is 4.38. The second-order valence-electron chi connectivity index (χ2n) is 2.81. The highest BCUT2D eigenvalue weighted by Crippen LogP contribution is 2.01. The predicted molar refractivity (Wildman–Crippen MR) is 55.1 cm³/mol. The van der Waals surface area contributed by atoms with Gasteiger partial charge in [0.1, 0.15) is 0 Å². The molecular weight excluding hydrogens is 160 g/mol. The van der Waals surface area contributed by atoms with Crippen molar-refractivity contribution in [3.05, 3.63) is 48.9 Å². The Hall–Kier alpha value is -1.37. The summed E-state index contributed by atoms with van der Waals surface area (Å²) in [6.07, 6.45) is 4.64. The highest BCUT2D eigenvalue weighted by Gasteiger charge is 1.92. The van der Waals surface area contributed by atoms with E-state index in [9.17, 15) is 4.79 Å². The van der Waals surface area contributed by atoms with Gasteiger partial charge in [-0.25, -0.2) is 0 Å². The van der Waals surface area contributed by atoms with E-state index in [1.54, 1.807) is 6.08 Å². The van der Waals surface area contributed by atoms with E-state index in [-0.39, 0.29) is 5.78 Å². The van der Waals surface area contributed by atoms with Crippen molar-refractivity contribution in [3.63, 3.8) is 0 Å². The van der Waals surface area contributed by atoms with E-state index in [4.69, 9.17) is 0 Å². The van der Waals surface area contributed by atoms with E-state index in [0.29, 0.717) is 12.8 Å². The third-order valence-electron chi connectivity index (χ3n) is 1.68. The Balaban J connectivity index is 2.54. The van der Waals surface area contributed by atoms with Crippen molar-refractivity contribution in [2.45, 2.75) is 12.8 Å². The van der Waals surface area contributed by atoms with Gasteiger partial charge in [-0.3, -0.25) is 4.79 Å². The molecule has 0 spiro atoms. The molecule has 0 aliphatic heterocycles. The van der Waals surface area contributed by atoms with Gasteiger partial charge in [0.2, 0.25) is 0 Å². The average molecular weight is 173 g/mol. The summed E-state index contributed by atoms with van der Waals surface area (Å²) >= 11 is 0. The van der Waals surface area contributed by atoms with Gasteiger partial charge in [0.25, 0.3) is 0 Å². The van der Waals surface area contributed by atoms with Crippen LogP contribution in [0.5, 0.6) is 0 Å². The van der Waals surface area contributed by atoms with Crippen LogP contribution in [0.1, 0.15) is 18.4 Å². The molecule has 0 saturated heterocycles. The molecule has 1 heteroatoms. The Morgan fingerprint density at radius 3 is 2.62 bits per heavy atom. The van der Waals surface area contributed by atoms with E-state index in [2.05, 4.69) is 6.92 Å². The van der Waals surface area contributed by atoms with Crippen LogP contribution in [0, 0.1) is 6.92 Å². The van der Waals surface area contributed by atoms with Crippen molar-refractivity contribution in [1.82, 2.24) is 0 Å². The van der Waals surface area contributed by atoms with Crippen LogP contribution in [0.2, 0.25) is 0 Å². The zero-order chi connectivity index (χ0) is 9.52. The number of hydrogen-bond acceptors (Lipinski definition) is 1. The summed E-state index contributed by atoms with van der Waals surface area (Å²) in [5, 5.41) is 0. The molecule has 67 valence electrons. The van der Waals surface area contributed by atoms with Gasteiger partial charge in [-0.05, 0) is 18.1 Å². The zero-order valence-electron chi connectivity index (χ0n) is 7.57. The maximum atomic E-state index is 11.1. The van der Waals surface area contributed by atoms with Crippen molar-refractivity contribution in [1.29, 1.82) is 0 Å². The SMILES string of the molecule is [CH2]CCC(=O)/C=C/c1ccccc1. The minimum Gasteiger partial charge on any atom is -0.295 e. The van der Waals surface area contributed by atoms with Gasteiger partial charge in [0.15, 0.2) is 5.78 Å². The smallest absolute Gasteiger partial charge is 0.155 e. The molecule has 0 amide bonds. The third-order valence-corrected chi connectivity index (χ3v) is 1.68. The Kier molecular flexibility index (Phi) is 3.97. The fourth-order valence-electron chi connectivity index (χ4n) is 1.01. The Labute approximate surface area is 79.1 Å². The molecular formula is C12H13O. The molecule has 0 saturated carbocycles. The summed E-state index contributed by atoms with van der Waals surface area (Å²) in [5.74, 6) is 0.138. The first-order chi connectivity index (χ1) is 6.33. The minimum atomic E-state index is 0.138. The van der Waals surface area contributed by atoms with Gasteiger partial charge < -0.3 is 0 Å². The van der Waals surface area contributed by atoms with Gasteiger partial charge in [-0.15, -0.1) is 0 Å². The molecule has 0 aliphatic carbocycles. The molecule has 0 heterocycles. The number of allylic oxidation sites excluding steroid dienone is 1. The fraction of sp³-hybridized carbons (Fsp3) is 0.167. The summed E-state index contributed by atoms with van der Waals surface area (Å²) in [5.41, 5.74) is 1.06. The number of ketones is 1. The summed E-state index contributed by atoms with van der Waals surface area (Å²) in [7, 11) is 0. The van der Waals surface area contributed by atoms with Gasteiger partial charge in [0, 0.05) is 6.42 Å². The molecule has 0 aliphatic rings.